The van der Waals surface area contributed by atoms with E-state index in [0.29, 0.717) is 10.9 Å². The lowest BCUT2D eigenvalue weighted by Gasteiger charge is -2.06. The first kappa shape index (κ1) is 14.9. The van der Waals surface area contributed by atoms with Gasteiger partial charge < -0.3 is 10.3 Å². The van der Waals surface area contributed by atoms with Crippen molar-refractivity contribution < 1.29 is 14.0 Å². The lowest BCUT2D eigenvalue weighted by Crippen LogP contribution is -2.21. The molecule has 0 aliphatic carbocycles. The minimum atomic E-state index is -0.460. The van der Waals surface area contributed by atoms with Crippen LogP contribution >= 0.6 is 0 Å². The smallest absolute Gasteiger partial charge is 0.275 e. The van der Waals surface area contributed by atoms with Crippen molar-refractivity contribution in [3.63, 3.8) is 0 Å². The molecular weight excluding hydrogens is 309 g/mol. The van der Waals surface area contributed by atoms with E-state index in [-0.39, 0.29) is 12.2 Å². The van der Waals surface area contributed by atoms with Gasteiger partial charge in [-0.25, -0.2) is 9.87 Å². The first-order valence-electron chi connectivity index (χ1n) is 7.67. The lowest BCUT2D eigenvalue weighted by atomic mass is 10.0. The third-order valence-corrected chi connectivity index (χ3v) is 4.22. The van der Waals surface area contributed by atoms with E-state index in [0.717, 1.165) is 23.4 Å². The molecule has 0 saturated heterocycles. The molecule has 1 amide bonds. The molecule has 122 valence electrons. The van der Waals surface area contributed by atoms with Gasteiger partial charge in [0.05, 0.1) is 11.3 Å². The van der Waals surface area contributed by atoms with Crippen LogP contribution in [0.3, 0.4) is 0 Å². The van der Waals surface area contributed by atoms with Gasteiger partial charge in [-0.05, 0) is 30.3 Å². The van der Waals surface area contributed by atoms with Gasteiger partial charge in [-0.15, -0.1) is 0 Å². The highest BCUT2D eigenvalue weighted by molar-refractivity contribution is 6.09. The highest BCUT2D eigenvalue weighted by atomic mass is 19.1. The molecule has 0 spiro atoms. The monoisotopic (exact) mass is 325 g/mol. The molecule has 2 aromatic carbocycles. The number of hydrogen-bond acceptors (Lipinski definition) is 3. The molecule has 4 rings (SSSR count). The number of H-pyrrole nitrogens is 1. The van der Waals surface area contributed by atoms with Crippen LogP contribution in [-0.2, 0) is 18.0 Å². The van der Waals surface area contributed by atoms with Crippen LogP contribution in [0.25, 0.3) is 22.2 Å². The zero-order chi connectivity index (χ0) is 16.7. The summed E-state index contributed by atoms with van der Waals surface area (Å²) in [5.41, 5.74) is 7.04. The van der Waals surface area contributed by atoms with E-state index >= 15 is 0 Å². The molecule has 0 unspecified atom stereocenters. The van der Waals surface area contributed by atoms with Gasteiger partial charge in [0, 0.05) is 23.0 Å². The number of hydroxylamine groups is 1. The van der Waals surface area contributed by atoms with Gasteiger partial charge in [-0.1, -0.05) is 24.3 Å². The standard InChI is InChI=1S/C18H16FN3O2/c1-20-8-10-2-4-11(5-3-10)17-14-9-24-22-18(23)13-6-12(19)7-15(21-17)16(13)14/h2-7,20-21H,8-9H2,1H3,(H,22,23). The Morgan fingerprint density at radius 3 is 2.79 bits per heavy atom. The second kappa shape index (κ2) is 5.74. The molecule has 1 aliphatic heterocycles. The van der Waals surface area contributed by atoms with Gasteiger partial charge in [-0.3, -0.25) is 9.63 Å². The highest BCUT2D eigenvalue weighted by Gasteiger charge is 2.24. The largest absolute Gasteiger partial charge is 0.354 e. The zero-order valence-electron chi connectivity index (χ0n) is 13.1. The summed E-state index contributed by atoms with van der Waals surface area (Å²) < 4.78 is 13.8. The Hall–Kier alpha value is -2.70. The molecule has 2 heterocycles. The first-order valence-corrected chi connectivity index (χ1v) is 7.67. The quantitative estimate of drug-likeness (QED) is 0.694. The number of hydrogen-bond donors (Lipinski definition) is 3. The van der Waals surface area contributed by atoms with Crippen LogP contribution in [0.4, 0.5) is 4.39 Å². The number of aromatic amines is 1. The minimum absolute atomic E-state index is 0.220. The van der Waals surface area contributed by atoms with E-state index in [2.05, 4.69) is 15.8 Å². The van der Waals surface area contributed by atoms with Crippen molar-refractivity contribution in [1.82, 2.24) is 15.8 Å². The number of amides is 1. The molecule has 5 nitrogen and oxygen atoms in total. The first-order chi connectivity index (χ1) is 11.7. The zero-order valence-corrected chi connectivity index (χ0v) is 13.1. The number of nitrogens with one attached hydrogen (secondary N) is 3. The van der Waals surface area contributed by atoms with Gasteiger partial charge in [0.15, 0.2) is 0 Å². The summed E-state index contributed by atoms with van der Waals surface area (Å²) in [5.74, 6) is -0.897. The van der Waals surface area contributed by atoms with Crippen LogP contribution in [0.1, 0.15) is 21.5 Å². The van der Waals surface area contributed by atoms with Crippen LogP contribution in [0, 0.1) is 5.82 Å². The van der Waals surface area contributed by atoms with Crippen LogP contribution in [0.2, 0.25) is 0 Å². The van der Waals surface area contributed by atoms with Crippen LogP contribution in [0.15, 0.2) is 36.4 Å². The fraction of sp³-hybridized carbons (Fsp3) is 0.167. The van der Waals surface area contributed by atoms with Gasteiger partial charge in [-0.2, -0.15) is 0 Å². The van der Waals surface area contributed by atoms with E-state index in [1.54, 1.807) is 0 Å². The van der Waals surface area contributed by atoms with Crippen molar-refractivity contribution in [1.29, 1.82) is 0 Å². The highest BCUT2D eigenvalue weighted by Crippen LogP contribution is 2.35. The van der Waals surface area contributed by atoms with Crippen molar-refractivity contribution in [3.05, 3.63) is 58.9 Å². The summed E-state index contributed by atoms with van der Waals surface area (Å²) in [5, 5.41) is 3.82. The SMILES string of the molecule is CNCc1ccc(-c2[nH]c3cc(F)cc4c3c2CONC4=O)cc1. The topological polar surface area (TPSA) is 66.2 Å². The maximum atomic E-state index is 13.8. The van der Waals surface area contributed by atoms with Crippen molar-refractivity contribution in [2.45, 2.75) is 13.2 Å². The molecule has 1 aromatic heterocycles. The van der Waals surface area contributed by atoms with Crippen LogP contribution in [0.5, 0.6) is 0 Å². The van der Waals surface area contributed by atoms with Gasteiger partial charge in [0.1, 0.15) is 12.4 Å². The molecule has 0 fully saturated rings. The fourth-order valence-corrected chi connectivity index (χ4v) is 3.16. The number of carbonyl (C=O) groups is 1. The van der Waals surface area contributed by atoms with Gasteiger partial charge in [0.25, 0.3) is 5.91 Å². The number of benzene rings is 2. The Kier molecular flexibility index (Phi) is 3.55. The van der Waals surface area contributed by atoms with E-state index in [1.165, 1.54) is 17.7 Å². The van der Waals surface area contributed by atoms with E-state index < -0.39 is 11.7 Å². The molecule has 24 heavy (non-hydrogen) atoms. The number of carbonyl (C=O) groups excluding carboxylic acids is 1. The lowest BCUT2D eigenvalue weighted by molar-refractivity contribution is 0.0255. The third-order valence-electron chi connectivity index (χ3n) is 4.22. The maximum absolute atomic E-state index is 13.8. The minimum Gasteiger partial charge on any atom is -0.354 e. The molecule has 3 aromatic rings. The molecule has 0 saturated carbocycles. The third kappa shape index (κ3) is 2.36. The van der Waals surface area contributed by atoms with E-state index in [9.17, 15) is 9.18 Å². The predicted molar refractivity (Wildman–Crippen MR) is 88.7 cm³/mol. The van der Waals surface area contributed by atoms with Crippen LogP contribution < -0.4 is 10.8 Å². The molecule has 0 atom stereocenters. The summed E-state index contributed by atoms with van der Waals surface area (Å²) in [6.45, 7) is 1.01. The van der Waals surface area contributed by atoms with Gasteiger partial charge >= 0.3 is 0 Å². The number of aromatic nitrogens is 1. The fourth-order valence-electron chi connectivity index (χ4n) is 3.16. The normalized spacial score (nSPS) is 13.8. The summed E-state index contributed by atoms with van der Waals surface area (Å²) >= 11 is 0. The summed E-state index contributed by atoms with van der Waals surface area (Å²) in [6, 6.07) is 10.7. The van der Waals surface area contributed by atoms with Crippen molar-refractivity contribution in [3.8, 4) is 11.3 Å². The second-order valence-corrected chi connectivity index (χ2v) is 5.80. The van der Waals surface area contributed by atoms with Gasteiger partial charge in [0.2, 0.25) is 0 Å². The molecule has 3 N–H and O–H groups in total. The molecule has 0 bridgehead atoms. The Balaban J connectivity index is 1.91. The maximum Gasteiger partial charge on any atom is 0.275 e. The molecule has 0 radical (unpaired) electrons. The predicted octanol–water partition coefficient (Wildman–Crippen LogP) is 2.87. The second-order valence-electron chi connectivity index (χ2n) is 5.80. The molecule has 1 aliphatic rings. The van der Waals surface area contributed by atoms with Crippen molar-refractivity contribution in [2.24, 2.45) is 0 Å². The number of halogens is 1. The summed E-state index contributed by atoms with van der Waals surface area (Å²) in [6.07, 6.45) is 0. The Morgan fingerprint density at radius 1 is 1.25 bits per heavy atom. The van der Waals surface area contributed by atoms with Crippen molar-refractivity contribution in [2.75, 3.05) is 7.05 Å². The summed E-state index contributed by atoms with van der Waals surface area (Å²) in [7, 11) is 1.90. The van der Waals surface area contributed by atoms with E-state index in [4.69, 9.17) is 4.84 Å². The molecule has 6 heteroatoms. The number of rotatable bonds is 3. The average Bonchev–Trinajstić information content (AvgIpc) is 2.84. The van der Waals surface area contributed by atoms with Crippen LogP contribution in [-0.4, -0.2) is 17.9 Å². The van der Waals surface area contributed by atoms with Crippen molar-refractivity contribution >= 4 is 16.8 Å². The Bertz CT molecular complexity index is 932. The summed E-state index contributed by atoms with van der Waals surface area (Å²) in [4.78, 5) is 20.6. The molecular formula is C18H16FN3O2. The Morgan fingerprint density at radius 2 is 2.04 bits per heavy atom. The van der Waals surface area contributed by atoms with E-state index in [1.807, 2.05) is 31.3 Å². The average molecular weight is 325 g/mol. The Labute approximate surface area is 137 Å².